The normalized spacial score (nSPS) is 13.5. The van der Waals surface area contributed by atoms with Crippen molar-refractivity contribution >= 4 is 66.0 Å². The Balaban J connectivity index is 1.19. The number of thioether (sulfide) groups is 1. The summed E-state index contributed by atoms with van der Waals surface area (Å²) in [5, 5.41) is 6.56. The third-order valence-corrected chi connectivity index (χ3v) is 12.4. The second-order valence-electron chi connectivity index (χ2n) is 13.4. The predicted molar refractivity (Wildman–Crippen MR) is 229 cm³/mol. The molecule has 0 spiro atoms. The molecule has 2 nitrogen and oxygen atoms in total. The van der Waals surface area contributed by atoms with Gasteiger partial charge in [-0.3, -0.25) is 0 Å². The molecule has 53 heavy (non-hydrogen) atoms. The van der Waals surface area contributed by atoms with Crippen molar-refractivity contribution < 1.29 is 0 Å². The molecule has 1 aliphatic heterocycles. The maximum atomic E-state index is 3.80. The van der Waals surface area contributed by atoms with Gasteiger partial charge >= 0.3 is 0 Å². The molecule has 9 aromatic rings. The van der Waals surface area contributed by atoms with Gasteiger partial charge in [0.2, 0.25) is 0 Å². The Morgan fingerprint density at radius 3 is 1.75 bits per heavy atom. The van der Waals surface area contributed by atoms with Gasteiger partial charge in [0.05, 0.1) is 17.1 Å². The first-order chi connectivity index (χ1) is 26.3. The average molecular weight is 715 g/mol. The van der Waals surface area contributed by atoms with Crippen molar-refractivity contribution in [3.63, 3.8) is 0 Å². The van der Waals surface area contributed by atoms with E-state index in [0.717, 1.165) is 11.4 Å². The van der Waals surface area contributed by atoms with Crippen LogP contribution in [0.15, 0.2) is 199 Å². The van der Waals surface area contributed by atoms with E-state index in [9.17, 15) is 0 Å². The lowest BCUT2D eigenvalue weighted by Gasteiger charge is -2.29. The van der Waals surface area contributed by atoms with Crippen LogP contribution < -0.4 is 10.2 Å². The largest absolute Gasteiger partial charge is 0.368 e. The molecule has 10 rings (SSSR count). The molecule has 8 aromatic carbocycles. The molecule has 1 aromatic heterocycles. The topological polar surface area (TPSA) is 15.3 Å². The van der Waals surface area contributed by atoms with E-state index in [1.54, 1.807) is 0 Å². The van der Waals surface area contributed by atoms with Crippen molar-refractivity contribution in [3.05, 3.63) is 200 Å². The number of hydrogen-bond donors (Lipinski definition) is 1. The number of anilines is 4. The van der Waals surface area contributed by atoms with Crippen LogP contribution in [0.4, 0.5) is 22.7 Å². The molecule has 1 unspecified atom stereocenters. The molecule has 252 valence electrons. The van der Waals surface area contributed by atoms with E-state index in [1.807, 2.05) is 23.1 Å². The minimum absolute atomic E-state index is 0.199. The quantitative estimate of drug-likeness (QED) is 0.177. The van der Waals surface area contributed by atoms with Crippen molar-refractivity contribution in [1.82, 2.24) is 0 Å². The van der Waals surface area contributed by atoms with Crippen LogP contribution in [0.2, 0.25) is 0 Å². The summed E-state index contributed by atoms with van der Waals surface area (Å²) < 4.78 is 2.56. The van der Waals surface area contributed by atoms with E-state index in [2.05, 4.69) is 204 Å². The van der Waals surface area contributed by atoms with Gasteiger partial charge < -0.3 is 10.2 Å². The fourth-order valence-electron chi connectivity index (χ4n) is 7.54. The van der Waals surface area contributed by atoms with E-state index in [4.69, 9.17) is 0 Å². The van der Waals surface area contributed by atoms with Gasteiger partial charge in [-0.05, 0) is 81.9 Å². The summed E-state index contributed by atoms with van der Waals surface area (Å²) >= 11 is 3.77. The van der Waals surface area contributed by atoms with Crippen LogP contribution >= 0.6 is 23.1 Å². The molecule has 4 heteroatoms. The molecule has 2 heterocycles. The standard InChI is InChI=1S/C49H34N2S2/c1-5-14-33(15-6-1)35-24-27-39(28-25-35)51(43-29-26-38(34-16-7-2-8-17-34)30-40(43)36-18-9-3-10-19-36)44-22-13-23-45-48(44)41-31-47-42(32-46(41)52-45)50-49(53-47)37-20-11-4-12-21-37/h1-32,49-50H. The number of fused-ring (bicyclic) bond motifs is 4. The van der Waals surface area contributed by atoms with Gasteiger partial charge in [-0.2, -0.15) is 0 Å². The monoisotopic (exact) mass is 714 g/mol. The van der Waals surface area contributed by atoms with Gasteiger partial charge in [-0.25, -0.2) is 0 Å². The molecule has 0 saturated heterocycles. The third-order valence-electron chi connectivity index (χ3n) is 10.1. The van der Waals surface area contributed by atoms with Crippen LogP contribution in [0.3, 0.4) is 0 Å². The molecule has 0 radical (unpaired) electrons. The highest BCUT2D eigenvalue weighted by Gasteiger charge is 2.26. The van der Waals surface area contributed by atoms with Crippen LogP contribution in [0, 0.1) is 0 Å². The third kappa shape index (κ3) is 5.87. The van der Waals surface area contributed by atoms with E-state index >= 15 is 0 Å². The second kappa shape index (κ2) is 13.5. The first-order valence-corrected chi connectivity index (χ1v) is 19.6. The average Bonchev–Trinajstić information content (AvgIpc) is 3.83. The van der Waals surface area contributed by atoms with Crippen LogP contribution in [0.5, 0.6) is 0 Å². The van der Waals surface area contributed by atoms with E-state index in [0.29, 0.717) is 0 Å². The molecule has 0 bridgehead atoms. The summed E-state index contributed by atoms with van der Waals surface area (Å²) in [5.41, 5.74) is 13.1. The lowest BCUT2D eigenvalue weighted by molar-refractivity contribution is 1.14. The zero-order chi connectivity index (χ0) is 35.1. The Kier molecular flexibility index (Phi) is 8.05. The van der Waals surface area contributed by atoms with Gasteiger partial charge in [-0.1, -0.05) is 157 Å². The number of benzene rings is 8. The maximum Gasteiger partial charge on any atom is 0.103 e. The van der Waals surface area contributed by atoms with Crippen molar-refractivity contribution in [1.29, 1.82) is 0 Å². The number of hydrogen-bond acceptors (Lipinski definition) is 4. The Labute approximate surface area is 318 Å². The van der Waals surface area contributed by atoms with E-state index in [1.165, 1.54) is 75.4 Å². The number of nitrogens with zero attached hydrogens (tertiary/aromatic N) is 1. The van der Waals surface area contributed by atoms with Crippen molar-refractivity contribution in [3.8, 4) is 33.4 Å². The Bertz CT molecular complexity index is 2710. The minimum atomic E-state index is 0.199. The van der Waals surface area contributed by atoms with Gasteiger partial charge in [0, 0.05) is 36.3 Å². The summed E-state index contributed by atoms with van der Waals surface area (Å²) in [5.74, 6) is 0. The van der Waals surface area contributed by atoms with Crippen molar-refractivity contribution in [2.75, 3.05) is 10.2 Å². The highest BCUT2D eigenvalue weighted by molar-refractivity contribution is 8.00. The van der Waals surface area contributed by atoms with Crippen molar-refractivity contribution in [2.24, 2.45) is 0 Å². The SMILES string of the molecule is c1ccc(-c2ccc(N(c3ccc(-c4ccccc4)cc3-c3ccccc3)c3cccc4sc5cc6c(cc5c34)SC(c3ccccc3)N6)cc2)cc1. The lowest BCUT2D eigenvalue weighted by Crippen LogP contribution is -2.11. The van der Waals surface area contributed by atoms with Gasteiger partial charge in [0.1, 0.15) is 5.37 Å². The second-order valence-corrected chi connectivity index (χ2v) is 15.6. The van der Waals surface area contributed by atoms with Crippen LogP contribution in [0.1, 0.15) is 10.9 Å². The van der Waals surface area contributed by atoms with Crippen molar-refractivity contribution in [2.45, 2.75) is 10.3 Å². The summed E-state index contributed by atoms with van der Waals surface area (Å²) in [6, 6.07) is 70.4. The van der Waals surface area contributed by atoms with Gasteiger partial charge in [0.25, 0.3) is 0 Å². The fraction of sp³-hybridized carbons (Fsp3) is 0.0204. The summed E-state index contributed by atoms with van der Waals surface area (Å²) in [4.78, 5) is 3.77. The van der Waals surface area contributed by atoms with Crippen LogP contribution in [-0.2, 0) is 0 Å². The first kappa shape index (κ1) is 31.6. The molecule has 0 amide bonds. The van der Waals surface area contributed by atoms with Gasteiger partial charge in [-0.15, -0.1) is 11.3 Å². The predicted octanol–water partition coefficient (Wildman–Crippen LogP) is 14.7. The smallest absolute Gasteiger partial charge is 0.103 e. The minimum Gasteiger partial charge on any atom is -0.368 e. The zero-order valence-electron chi connectivity index (χ0n) is 28.8. The molecule has 0 saturated carbocycles. The maximum absolute atomic E-state index is 3.80. The molecule has 0 aliphatic carbocycles. The Morgan fingerprint density at radius 1 is 0.453 bits per heavy atom. The highest BCUT2D eigenvalue weighted by atomic mass is 32.2. The van der Waals surface area contributed by atoms with Gasteiger partial charge in [0.15, 0.2) is 0 Å². The van der Waals surface area contributed by atoms with E-state index < -0.39 is 0 Å². The van der Waals surface area contributed by atoms with E-state index in [-0.39, 0.29) is 5.37 Å². The molecular weight excluding hydrogens is 681 g/mol. The number of thiophene rings is 1. The zero-order valence-corrected chi connectivity index (χ0v) is 30.4. The summed E-state index contributed by atoms with van der Waals surface area (Å²) in [7, 11) is 0. The molecule has 0 fully saturated rings. The summed E-state index contributed by atoms with van der Waals surface area (Å²) in [6.07, 6.45) is 0. The highest BCUT2D eigenvalue weighted by Crippen LogP contribution is 2.53. The molecular formula is C49H34N2S2. The number of nitrogens with one attached hydrogen (secondary N) is 1. The van der Waals surface area contributed by atoms with Crippen LogP contribution in [-0.4, -0.2) is 0 Å². The number of rotatable bonds is 7. The first-order valence-electron chi connectivity index (χ1n) is 17.9. The lowest BCUT2D eigenvalue weighted by atomic mass is 9.95. The molecule has 1 atom stereocenters. The fourth-order valence-corrected chi connectivity index (χ4v) is 9.85. The van der Waals surface area contributed by atoms with Crippen LogP contribution in [0.25, 0.3) is 53.6 Å². The molecule has 1 N–H and O–H groups in total. The Morgan fingerprint density at radius 2 is 1.06 bits per heavy atom. The Hall–Kier alpha value is -6.07. The molecule has 1 aliphatic rings. The summed E-state index contributed by atoms with van der Waals surface area (Å²) in [6.45, 7) is 0.